The standard InChI is InChI=1S/C14H19NO2/c1-10-3-5-11(6-4-10)13-9-15(2)8-7-12(13)14(16)17/h3-6,12-13H,7-9H2,1-2H3,(H,16,17). The van der Waals surface area contributed by atoms with E-state index in [1.54, 1.807) is 0 Å². The molecule has 3 nitrogen and oxygen atoms in total. The van der Waals surface area contributed by atoms with Crippen molar-refractivity contribution in [2.45, 2.75) is 19.3 Å². The SMILES string of the molecule is Cc1ccc(C2CN(C)CCC2C(=O)O)cc1. The van der Waals surface area contributed by atoms with Crippen LogP contribution in [0.5, 0.6) is 0 Å². The predicted octanol–water partition coefficient (Wildman–Crippen LogP) is 2.11. The number of nitrogens with zero attached hydrogens (tertiary/aromatic N) is 1. The summed E-state index contributed by atoms with van der Waals surface area (Å²) in [6, 6.07) is 8.25. The molecule has 1 N–H and O–H groups in total. The normalized spacial score (nSPS) is 25.8. The summed E-state index contributed by atoms with van der Waals surface area (Å²) in [6.07, 6.45) is 0.740. The molecular formula is C14H19NO2. The lowest BCUT2D eigenvalue weighted by Crippen LogP contribution is -2.39. The maximum Gasteiger partial charge on any atom is 0.307 e. The highest BCUT2D eigenvalue weighted by Gasteiger charge is 2.33. The Labute approximate surface area is 102 Å². The van der Waals surface area contributed by atoms with Crippen LogP contribution in [0.2, 0.25) is 0 Å². The van der Waals surface area contributed by atoms with E-state index in [1.165, 1.54) is 5.56 Å². The molecule has 1 saturated heterocycles. The molecule has 1 fully saturated rings. The van der Waals surface area contributed by atoms with E-state index in [-0.39, 0.29) is 11.8 Å². The van der Waals surface area contributed by atoms with Crippen LogP contribution in [-0.4, -0.2) is 36.1 Å². The second-order valence-electron chi connectivity index (χ2n) is 5.01. The van der Waals surface area contributed by atoms with Gasteiger partial charge in [0.05, 0.1) is 5.92 Å². The van der Waals surface area contributed by atoms with Crippen molar-refractivity contribution in [2.24, 2.45) is 5.92 Å². The zero-order chi connectivity index (χ0) is 12.4. The van der Waals surface area contributed by atoms with Crippen molar-refractivity contribution in [1.82, 2.24) is 4.90 Å². The molecule has 0 radical (unpaired) electrons. The summed E-state index contributed by atoms with van der Waals surface area (Å²) in [6.45, 7) is 3.75. The Hall–Kier alpha value is -1.35. The Balaban J connectivity index is 2.25. The first-order valence-corrected chi connectivity index (χ1v) is 6.06. The van der Waals surface area contributed by atoms with E-state index in [4.69, 9.17) is 0 Å². The highest BCUT2D eigenvalue weighted by atomic mass is 16.4. The van der Waals surface area contributed by atoms with Crippen molar-refractivity contribution in [2.75, 3.05) is 20.1 Å². The number of rotatable bonds is 2. The average molecular weight is 233 g/mol. The number of hydrogen-bond acceptors (Lipinski definition) is 2. The fourth-order valence-electron chi connectivity index (χ4n) is 2.56. The van der Waals surface area contributed by atoms with Gasteiger partial charge in [-0.3, -0.25) is 4.79 Å². The molecule has 2 atom stereocenters. The van der Waals surface area contributed by atoms with Crippen LogP contribution in [0.4, 0.5) is 0 Å². The van der Waals surface area contributed by atoms with Gasteiger partial charge in [-0.15, -0.1) is 0 Å². The molecule has 0 aliphatic carbocycles. The summed E-state index contributed by atoms with van der Waals surface area (Å²) in [5.74, 6) is -0.788. The van der Waals surface area contributed by atoms with Crippen molar-refractivity contribution >= 4 is 5.97 Å². The minimum absolute atomic E-state index is 0.117. The second kappa shape index (κ2) is 4.88. The molecular weight excluding hydrogens is 214 g/mol. The second-order valence-corrected chi connectivity index (χ2v) is 5.01. The highest BCUT2D eigenvalue weighted by Crippen LogP contribution is 2.32. The monoisotopic (exact) mass is 233 g/mol. The Kier molecular flexibility index (Phi) is 3.48. The van der Waals surface area contributed by atoms with E-state index in [2.05, 4.69) is 36.2 Å². The van der Waals surface area contributed by atoms with Gasteiger partial charge >= 0.3 is 5.97 Å². The lowest BCUT2D eigenvalue weighted by Gasteiger charge is -2.34. The first kappa shape index (κ1) is 12.1. The maximum absolute atomic E-state index is 11.3. The van der Waals surface area contributed by atoms with Gasteiger partial charge in [-0.2, -0.15) is 0 Å². The molecule has 1 aliphatic heterocycles. The van der Waals surface area contributed by atoms with Crippen LogP contribution in [0, 0.1) is 12.8 Å². The number of carboxylic acids is 1. The van der Waals surface area contributed by atoms with E-state index in [1.807, 2.05) is 6.92 Å². The molecule has 0 bridgehead atoms. The summed E-state index contributed by atoms with van der Waals surface area (Å²) < 4.78 is 0. The number of aryl methyl sites for hydroxylation is 1. The topological polar surface area (TPSA) is 40.5 Å². The van der Waals surface area contributed by atoms with Gasteiger partial charge in [0.2, 0.25) is 0 Å². The lowest BCUT2D eigenvalue weighted by molar-refractivity contribution is -0.144. The number of piperidine rings is 1. The highest BCUT2D eigenvalue weighted by molar-refractivity contribution is 5.71. The Morgan fingerprint density at radius 2 is 2.00 bits per heavy atom. The molecule has 0 saturated carbocycles. The number of likely N-dealkylation sites (N-methyl/N-ethyl adjacent to an activating group) is 1. The quantitative estimate of drug-likeness (QED) is 0.850. The Bertz CT molecular complexity index is 399. The largest absolute Gasteiger partial charge is 0.481 e. The first-order chi connectivity index (χ1) is 8.08. The average Bonchev–Trinajstić information content (AvgIpc) is 2.29. The molecule has 0 aromatic heterocycles. The van der Waals surface area contributed by atoms with E-state index in [0.717, 1.165) is 25.1 Å². The maximum atomic E-state index is 11.3. The summed E-state index contributed by atoms with van der Waals surface area (Å²) in [4.78, 5) is 13.5. The molecule has 1 aliphatic rings. The third kappa shape index (κ3) is 2.67. The molecule has 1 aromatic carbocycles. The van der Waals surface area contributed by atoms with Gasteiger partial charge in [0, 0.05) is 12.5 Å². The van der Waals surface area contributed by atoms with Crippen molar-refractivity contribution in [3.8, 4) is 0 Å². The summed E-state index contributed by atoms with van der Waals surface area (Å²) in [5.41, 5.74) is 2.36. The van der Waals surface area contributed by atoms with Gasteiger partial charge in [0.25, 0.3) is 0 Å². The van der Waals surface area contributed by atoms with E-state index in [0.29, 0.717) is 0 Å². The van der Waals surface area contributed by atoms with Gasteiger partial charge in [-0.05, 0) is 32.5 Å². The molecule has 92 valence electrons. The van der Waals surface area contributed by atoms with Crippen molar-refractivity contribution in [3.63, 3.8) is 0 Å². The molecule has 1 heterocycles. The predicted molar refractivity (Wildman–Crippen MR) is 67.2 cm³/mol. The zero-order valence-electron chi connectivity index (χ0n) is 10.4. The fraction of sp³-hybridized carbons (Fsp3) is 0.500. The molecule has 2 rings (SSSR count). The number of likely N-dealkylation sites (tertiary alicyclic amines) is 1. The van der Waals surface area contributed by atoms with Crippen LogP contribution in [0.25, 0.3) is 0 Å². The number of carboxylic acid groups (broad SMARTS) is 1. The minimum Gasteiger partial charge on any atom is -0.481 e. The van der Waals surface area contributed by atoms with Crippen LogP contribution in [0.1, 0.15) is 23.5 Å². The molecule has 1 aromatic rings. The Morgan fingerprint density at radius 3 is 2.59 bits per heavy atom. The molecule has 0 amide bonds. The molecule has 2 unspecified atom stereocenters. The van der Waals surface area contributed by atoms with Crippen LogP contribution < -0.4 is 0 Å². The van der Waals surface area contributed by atoms with Crippen molar-refractivity contribution < 1.29 is 9.90 Å². The first-order valence-electron chi connectivity index (χ1n) is 6.06. The van der Waals surface area contributed by atoms with Gasteiger partial charge in [0.1, 0.15) is 0 Å². The lowest BCUT2D eigenvalue weighted by atomic mass is 9.81. The van der Waals surface area contributed by atoms with Gasteiger partial charge in [-0.25, -0.2) is 0 Å². The zero-order valence-corrected chi connectivity index (χ0v) is 10.4. The van der Waals surface area contributed by atoms with E-state index >= 15 is 0 Å². The summed E-state index contributed by atoms with van der Waals surface area (Å²) in [7, 11) is 2.05. The van der Waals surface area contributed by atoms with Gasteiger partial charge in [0.15, 0.2) is 0 Å². The van der Waals surface area contributed by atoms with Gasteiger partial charge in [-0.1, -0.05) is 29.8 Å². The van der Waals surface area contributed by atoms with Crippen LogP contribution in [0.15, 0.2) is 24.3 Å². The molecule has 0 spiro atoms. The molecule has 17 heavy (non-hydrogen) atoms. The van der Waals surface area contributed by atoms with Crippen molar-refractivity contribution in [1.29, 1.82) is 0 Å². The summed E-state index contributed by atoms with van der Waals surface area (Å²) in [5, 5.41) is 9.29. The Morgan fingerprint density at radius 1 is 1.35 bits per heavy atom. The smallest absolute Gasteiger partial charge is 0.307 e. The van der Waals surface area contributed by atoms with E-state index < -0.39 is 5.97 Å². The molecule has 3 heteroatoms. The third-order valence-electron chi connectivity index (χ3n) is 3.64. The van der Waals surface area contributed by atoms with Crippen LogP contribution in [-0.2, 0) is 4.79 Å². The van der Waals surface area contributed by atoms with Crippen LogP contribution >= 0.6 is 0 Å². The third-order valence-corrected chi connectivity index (χ3v) is 3.64. The summed E-state index contributed by atoms with van der Waals surface area (Å²) >= 11 is 0. The number of benzene rings is 1. The number of carbonyl (C=O) groups is 1. The van der Waals surface area contributed by atoms with Crippen molar-refractivity contribution in [3.05, 3.63) is 35.4 Å². The minimum atomic E-state index is -0.663. The fourth-order valence-corrected chi connectivity index (χ4v) is 2.56. The van der Waals surface area contributed by atoms with Crippen LogP contribution in [0.3, 0.4) is 0 Å². The van der Waals surface area contributed by atoms with Gasteiger partial charge < -0.3 is 10.0 Å². The number of hydrogen-bond donors (Lipinski definition) is 1. The number of aliphatic carboxylic acids is 1. The van der Waals surface area contributed by atoms with E-state index in [9.17, 15) is 9.90 Å².